The Bertz CT molecular complexity index is 717. The Morgan fingerprint density at radius 1 is 1.26 bits per heavy atom. The molecule has 2 aromatic rings. The van der Waals surface area contributed by atoms with Crippen LogP contribution in [0.15, 0.2) is 50.4 Å². The molecule has 7 heteroatoms. The number of sulfone groups is 1. The third kappa shape index (κ3) is 3.24. The minimum atomic E-state index is -3.69. The molecule has 1 aromatic carbocycles. The van der Waals surface area contributed by atoms with Crippen molar-refractivity contribution < 1.29 is 22.7 Å². The molecule has 0 fully saturated rings. The van der Waals surface area contributed by atoms with Crippen LogP contribution in [0, 0.1) is 0 Å². The van der Waals surface area contributed by atoms with Crippen LogP contribution >= 0.6 is 15.9 Å². The molecule has 1 N–H and O–H groups in total. The van der Waals surface area contributed by atoms with E-state index in [0.29, 0.717) is 5.56 Å². The maximum atomic E-state index is 12.0. The van der Waals surface area contributed by atoms with E-state index >= 15 is 0 Å². The van der Waals surface area contributed by atoms with Crippen molar-refractivity contribution in [3.8, 4) is 0 Å². The largest absolute Gasteiger partial charge is 0.475 e. The predicted molar refractivity (Wildman–Crippen MR) is 70.7 cm³/mol. The monoisotopic (exact) mass is 344 g/mol. The van der Waals surface area contributed by atoms with Crippen molar-refractivity contribution in [2.45, 2.75) is 10.8 Å². The van der Waals surface area contributed by atoms with Gasteiger partial charge in [0.2, 0.25) is 20.7 Å². The number of carboxylic acid groups (broad SMARTS) is 1. The minimum absolute atomic E-state index is 0.251. The molecule has 0 amide bonds. The van der Waals surface area contributed by atoms with Crippen molar-refractivity contribution in [3.05, 3.63) is 52.2 Å². The van der Waals surface area contributed by atoms with Crippen molar-refractivity contribution in [2.24, 2.45) is 0 Å². The Labute approximate surface area is 117 Å². The summed E-state index contributed by atoms with van der Waals surface area (Å²) >= 11 is 3.25. The lowest BCUT2D eigenvalue weighted by atomic mass is 10.2. The van der Waals surface area contributed by atoms with E-state index in [1.807, 2.05) is 0 Å². The molecule has 0 bridgehead atoms. The Morgan fingerprint density at radius 2 is 2.00 bits per heavy atom. The van der Waals surface area contributed by atoms with Crippen LogP contribution in [0.25, 0.3) is 0 Å². The number of benzene rings is 1. The maximum absolute atomic E-state index is 12.0. The Hall–Kier alpha value is -1.60. The van der Waals surface area contributed by atoms with Gasteiger partial charge in [-0.1, -0.05) is 28.1 Å². The second-order valence-corrected chi connectivity index (χ2v) is 6.65. The number of hydrogen-bond donors (Lipinski definition) is 1. The summed E-state index contributed by atoms with van der Waals surface area (Å²) in [5.74, 6) is -1.95. The molecule has 19 heavy (non-hydrogen) atoms. The summed E-state index contributed by atoms with van der Waals surface area (Å²) in [5.41, 5.74) is 0.586. The van der Waals surface area contributed by atoms with E-state index in [9.17, 15) is 13.2 Å². The second-order valence-electron chi connectivity index (χ2n) is 3.81. The van der Waals surface area contributed by atoms with Crippen molar-refractivity contribution in [1.82, 2.24) is 0 Å². The van der Waals surface area contributed by atoms with Crippen molar-refractivity contribution >= 4 is 31.7 Å². The number of hydrogen-bond acceptors (Lipinski definition) is 4. The van der Waals surface area contributed by atoms with E-state index in [0.717, 1.165) is 16.6 Å². The van der Waals surface area contributed by atoms with Gasteiger partial charge in [-0.2, -0.15) is 0 Å². The highest BCUT2D eigenvalue weighted by atomic mass is 79.9. The van der Waals surface area contributed by atoms with Gasteiger partial charge in [-0.25, -0.2) is 13.2 Å². The summed E-state index contributed by atoms with van der Waals surface area (Å²) in [5, 5.41) is 8.35. The third-order valence-electron chi connectivity index (χ3n) is 2.34. The first-order valence-corrected chi connectivity index (χ1v) is 7.63. The molecule has 0 spiro atoms. The molecule has 100 valence electrons. The van der Waals surface area contributed by atoms with E-state index < -0.39 is 21.6 Å². The van der Waals surface area contributed by atoms with E-state index in [2.05, 4.69) is 15.9 Å². The fourth-order valence-corrected chi connectivity index (χ4v) is 3.22. The summed E-state index contributed by atoms with van der Waals surface area (Å²) in [6.45, 7) is 0. The molecular weight excluding hydrogens is 336 g/mol. The standard InChI is InChI=1S/C12H9BrO5S/c13-9-3-1-2-8(6-9)7-19(16,17)11-5-4-10(18-11)12(14)15/h1-6H,7H2,(H,14,15). The molecule has 0 radical (unpaired) electrons. The van der Waals surface area contributed by atoms with Crippen LogP contribution in [0.5, 0.6) is 0 Å². The quantitative estimate of drug-likeness (QED) is 0.921. The number of carboxylic acids is 1. The number of halogens is 1. The summed E-state index contributed by atoms with van der Waals surface area (Å²) < 4.78 is 29.7. The number of carbonyl (C=O) groups is 1. The van der Waals surface area contributed by atoms with Crippen LogP contribution in [0.1, 0.15) is 16.1 Å². The molecule has 0 saturated heterocycles. The lowest BCUT2D eigenvalue weighted by molar-refractivity contribution is 0.0656. The minimum Gasteiger partial charge on any atom is -0.475 e. The van der Waals surface area contributed by atoms with Gasteiger partial charge in [-0.05, 0) is 29.8 Å². The highest BCUT2D eigenvalue weighted by Crippen LogP contribution is 2.21. The Morgan fingerprint density at radius 3 is 2.58 bits per heavy atom. The van der Waals surface area contributed by atoms with E-state index in [4.69, 9.17) is 9.52 Å². The van der Waals surface area contributed by atoms with Gasteiger partial charge in [-0.3, -0.25) is 0 Å². The van der Waals surface area contributed by atoms with Crippen LogP contribution in [-0.4, -0.2) is 19.5 Å². The van der Waals surface area contributed by atoms with E-state index in [1.54, 1.807) is 24.3 Å². The molecule has 0 aliphatic rings. The molecule has 0 atom stereocenters. The molecule has 0 aliphatic carbocycles. The zero-order chi connectivity index (χ0) is 14.0. The maximum Gasteiger partial charge on any atom is 0.371 e. The zero-order valence-electron chi connectivity index (χ0n) is 9.54. The first-order chi connectivity index (χ1) is 8.88. The van der Waals surface area contributed by atoms with Gasteiger partial charge in [0.25, 0.3) is 0 Å². The molecule has 2 rings (SSSR count). The van der Waals surface area contributed by atoms with Gasteiger partial charge in [0.15, 0.2) is 0 Å². The van der Waals surface area contributed by atoms with Crippen LogP contribution in [-0.2, 0) is 15.6 Å². The molecular formula is C12H9BrO5S. The van der Waals surface area contributed by atoms with Gasteiger partial charge in [0.05, 0.1) is 5.75 Å². The fourth-order valence-electron chi connectivity index (χ4n) is 1.52. The predicted octanol–water partition coefficient (Wildman–Crippen LogP) is 2.71. The summed E-state index contributed by atoms with van der Waals surface area (Å²) in [6, 6.07) is 9.13. The number of furan rings is 1. The van der Waals surface area contributed by atoms with Crippen LogP contribution in [0.3, 0.4) is 0 Å². The summed E-state index contributed by atoms with van der Waals surface area (Å²) in [6.07, 6.45) is 0. The first kappa shape index (κ1) is 13.8. The van der Waals surface area contributed by atoms with Crippen LogP contribution < -0.4 is 0 Å². The van der Waals surface area contributed by atoms with E-state index in [1.165, 1.54) is 0 Å². The van der Waals surface area contributed by atoms with Gasteiger partial charge in [0, 0.05) is 4.47 Å². The van der Waals surface area contributed by atoms with Gasteiger partial charge in [0.1, 0.15) is 0 Å². The van der Waals surface area contributed by atoms with Crippen LogP contribution in [0.4, 0.5) is 0 Å². The Balaban J connectivity index is 2.29. The lowest BCUT2D eigenvalue weighted by Crippen LogP contribution is -2.04. The van der Waals surface area contributed by atoms with Crippen LogP contribution in [0.2, 0.25) is 0 Å². The number of rotatable bonds is 4. The van der Waals surface area contributed by atoms with Crippen molar-refractivity contribution in [3.63, 3.8) is 0 Å². The number of aromatic carboxylic acids is 1. The molecule has 1 aromatic heterocycles. The Kier molecular flexibility index (Phi) is 3.77. The summed E-state index contributed by atoms with van der Waals surface area (Å²) in [7, 11) is -3.69. The average molecular weight is 345 g/mol. The topological polar surface area (TPSA) is 84.6 Å². The summed E-state index contributed by atoms with van der Waals surface area (Å²) in [4.78, 5) is 10.6. The highest BCUT2D eigenvalue weighted by Gasteiger charge is 2.21. The second kappa shape index (κ2) is 5.18. The highest BCUT2D eigenvalue weighted by molar-refractivity contribution is 9.10. The molecule has 0 unspecified atom stereocenters. The fraction of sp³-hybridized carbons (Fsp3) is 0.0833. The SMILES string of the molecule is O=C(O)c1ccc(S(=O)(=O)Cc2cccc(Br)c2)o1. The lowest BCUT2D eigenvalue weighted by Gasteiger charge is -2.02. The molecule has 0 aliphatic heterocycles. The first-order valence-electron chi connectivity index (χ1n) is 5.19. The van der Waals surface area contributed by atoms with Crippen molar-refractivity contribution in [1.29, 1.82) is 0 Å². The van der Waals surface area contributed by atoms with E-state index in [-0.39, 0.29) is 10.8 Å². The van der Waals surface area contributed by atoms with Gasteiger partial charge in [-0.15, -0.1) is 0 Å². The van der Waals surface area contributed by atoms with Gasteiger partial charge >= 0.3 is 5.97 Å². The smallest absolute Gasteiger partial charge is 0.371 e. The normalized spacial score (nSPS) is 11.4. The molecule has 5 nitrogen and oxygen atoms in total. The van der Waals surface area contributed by atoms with Crippen molar-refractivity contribution in [2.75, 3.05) is 0 Å². The average Bonchev–Trinajstić information content (AvgIpc) is 2.78. The molecule has 1 heterocycles. The van der Waals surface area contributed by atoms with Gasteiger partial charge < -0.3 is 9.52 Å². The molecule has 0 saturated carbocycles. The zero-order valence-corrected chi connectivity index (χ0v) is 11.9. The third-order valence-corrected chi connectivity index (χ3v) is 4.38.